The van der Waals surface area contributed by atoms with E-state index in [0.29, 0.717) is 22.5 Å². The first kappa shape index (κ1) is 17.3. The van der Waals surface area contributed by atoms with Gasteiger partial charge in [0.2, 0.25) is 11.8 Å². The van der Waals surface area contributed by atoms with Crippen LogP contribution in [0.25, 0.3) is 0 Å². The molecule has 4 rings (SSSR count). The molecule has 2 aromatic heterocycles. The van der Waals surface area contributed by atoms with Crippen molar-refractivity contribution >= 4 is 29.1 Å². The van der Waals surface area contributed by atoms with Crippen LogP contribution in [0.1, 0.15) is 19.3 Å². The number of aromatic nitrogens is 3. The van der Waals surface area contributed by atoms with Crippen LogP contribution in [0.2, 0.25) is 5.02 Å². The minimum absolute atomic E-state index is 0.0865. The monoisotopic (exact) mass is 375 g/mol. The number of ether oxygens (including phenoxy) is 1. The van der Waals surface area contributed by atoms with E-state index in [4.69, 9.17) is 21.4 Å². The van der Waals surface area contributed by atoms with Gasteiger partial charge < -0.3 is 20.1 Å². The first-order chi connectivity index (χ1) is 12.7. The molecule has 0 spiro atoms. The standard InChI is InChI=1S/C18H22ClN5O2/c19-15-8-14(9-21-17(15)26-6-5-25)22-18-20-4-3-16(23-18)24-10-12-1-2-13(7-12)11-24/h3-4,8-9,12-13,25H,1-2,5-7,10-11H2,(H,20,22,23)/t12-,13+. The van der Waals surface area contributed by atoms with Gasteiger partial charge in [-0.25, -0.2) is 9.97 Å². The van der Waals surface area contributed by atoms with Gasteiger partial charge in [0.1, 0.15) is 17.4 Å². The maximum atomic E-state index is 8.81. The lowest BCUT2D eigenvalue weighted by Gasteiger charge is -2.32. The lowest BCUT2D eigenvalue weighted by Crippen LogP contribution is -2.36. The van der Waals surface area contributed by atoms with Gasteiger partial charge in [0.15, 0.2) is 0 Å². The van der Waals surface area contributed by atoms with Gasteiger partial charge in [0, 0.05) is 19.3 Å². The minimum atomic E-state index is -0.0865. The normalized spacial score (nSPS) is 21.7. The van der Waals surface area contributed by atoms with E-state index in [9.17, 15) is 0 Å². The van der Waals surface area contributed by atoms with Crippen molar-refractivity contribution in [2.45, 2.75) is 19.3 Å². The summed E-state index contributed by atoms with van der Waals surface area (Å²) in [6, 6.07) is 3.67. The van der Waals surface area contributed by atoms with Gasteiger partial charge in [0.25, 0.3) is 0 Å². The Bertz CT molecular complexity index is 763. The second kappa shape index (κ2) is 7.63. The highest BCUT2D eigenvalue weighted by molar-refractivity contribution is 6.32. The van der Waals surface area contributed by atoms with E-state index in [2.05, 4.69) is 25.2 Å². The Morgan fingerprint density at radius 2 is 2.08 bits per heavy atom. The molecule has 2 fully saturated rings. The van der Waals surface area contributed by atoms with E-state index >= 15 is 0 Å². The summed E-state index contributed by atoms with van der Waals surface area (Å²) in [6.45, 7) is 2.23. The number of piperidine rings is 1. The molecule has 2 N–H and O–H groups in total. The number of fused-ring (bicyclic) bond motifs is 2. The Balaban J connectivity index is 1.46. The molecular weight excluding hydrogens is 354 g/mol. The molecule has 0 amide bonds. The number of nitrogens with one attached hydrogen (secondary N) is 1. The predicted molar refractivity (Wildman–Crippen MR) is 100 cm³/mol. The van der Waals surface area contributed by atoms with Crippen LogP contribution >= 0.6 is 11.6 Å². The number of aliphatic hydroxyl groups is 1. The summed E-state index contributed by atoms with van der Waals surface area (Å²) >= 11 is 6.17. The van der Waals surface area contributed by atoms with Crippen LogP contribution in [0.4, 0.5) is 17.5 Å². The Morgan fingerprint density at radius 1 is 1.27 bits per heavy atom. The lowest BCUT2D eigenvalue weighted by atomic mass is 9.99. The molecule has 0 radical (unpaired) electrons. The summed E-state index contributed by atoms with van der Waals surface area (Å²) in [7, 11) is 0. The maximum absolute atomic E-state index is 8.81. The number of aliphatic hydroxyl groups excluding tert-OH is 1. The van der Waals surface area contributed by atoms with Crippen LogP contribution in [0.5, 0.6) is 5.88 Å². The summed E-state index contributed by atoms with van der Waals surface area (Å²) in [5.74, 6) is 3.37. The summed E-state index contributed by atoms with van der Waals surface area (Å²) in [5, 5.41) is 12.3. The Kier molecular flexibility index (Phi) is 5.08. The van der Waals surface area contributed by atoms with Gasteiger partial charge in [-0.3, -0.25) is 0 Å². The molecule has 3 heterocycles. The Hall–Kier alpha value is -2.12. The van der Waals surface area contributed by atoms with Gasteiger partial charge in [-0.1, -0.05) is 11.6 Å². The maximum Gasteiger partial charge on any atom is 0.232 e. The summed E-state index contributed by atoms with van der Waals surface area (Å²) < 4.78 is 5.26. The number of pyridine rings is 1. The summed E-state index contributed by atoms with van der Waals surface area (Å²) in [5.41, 5.74) is 0.683. The molecule has 8 heteroatoms. The van der Waals surface area contributed by atoms with Crippen molar-refractivity contribution in [3.8, 4) is 5.88 Å². The highest BCUT2D eigenvalue weighted by Crippen LogP contribution is 2.37. The van der Waals surface area contributed by atoms with Crippen molar-refractivity contribution in [3.63, 3.8) is 0 Å². The zero-order valence-corrected chi connectivity index (χ0v) is 15.2. The minimum Gasteiger partial charge on any atom is -0.474 e. The Morgan fingerprint density at radius 3 is 2.81 bits per heavy atom. The van der Waals surface area contributed by atoms with E-state index in [1.54, 1.807) is 18.5 Å². The molecule has 1 aliphatic heterocycles. The third kappa shape index (κ3) is 3.83. The number of halogens is 1. The van der Waals surface area contributed by atoms with Crippen molar-refractivity contribution in [1.82, 2.24) is 15.0 Å². The lowest BCUT2D eigenvalue weighted by molar-refractivity contribution is 0.197. The van der Waals surface area contributed by atoms with Crippen LogP contribution in [-0.4, -0.2) is 46.4 Å². The van der Waals surface area contributed by atoms with Crippen molar-refractivity contribution in [3.05, 3.63) is 29.5 Å². The number of hydrogen-bond donors (Lipinski definition) is 2. The molecule has 2 bridgehead atoms. The molecule has 1 aliphatic carbocycles. The number of nitrogens with zero attached hydrogens (tertiary/aromatic N) is 4. The largest absolute Gasteiger partial charge is 0.474 e. The first-order valence-electron chi connectivity index (χ1n) is 8.95. The number of anilines is 3. The van der Waals surface area contributed by atoms with Crippen molar-refractivity contribution in [2.75, 3.05) is 36.5 Å². The zero-order chi connectivity index (χ0) is 17.9. The Labute approximate surface area is 157 Å². The van der Waals surface area contributed by atoms with Gasteiger partial charge in [-0.05, 0) is 43.2 Å². The van der Waals surface area contributed by atoms with Gasteiger partial charge in [-0.15, -0.1) is 0 Å². The summed E-state index contributed by atoms with van der Waals surface area (Å²) in [4.78, 5) is 15.5. The molecule has 1 saturated carbocycles. The molecular formula is C18H22ClN5O2. The van der Waals surface area contributed by atoms with Crippen LogP contribution < -0.4 is 15.0 Å². The molecule has 0 aromatic carbocycles. The quantitative estimate of drug-likeness (QED) is 0.803. The van der Waals surface area contributed by atoms with Crippen molar-refractivity contribution in [2.24, 2.45) is 11.8 Å². The molecule has 0 unspecified atom stereocenters. The molecule has 1 saturated heterocycles. The van der Waals surface area contributed by atoms with E-state index in [-0.39, 0.29) is 13.2 Å². The summed E-state index contributed by atoms with van der Waals surface area (Å²) in [6.07, 6.45) is 7.42. The van der Waals surface area contributed by atoms with E-state index in [0.717, 1.165) is 30.7 Å². The SMILES string of the molecule is OCCOc1ncc(Nc2nccc(N3C[C@@H]4CC[C@@H](C4)C3)n2)cc1Cl. The van der Waals surface area contributed by atoms with Gasteiger partial charge >= 0.3 is 0 Å². The van der Waals surface area contributed by atoms with Crippen LogP contribution in [0, 0.1) is 11.8 Å². The zero-order valence-electron chi connectivity index (χ0n) is 14.4. The molecule has 2 aromatic rings. The third-order valence-corrected chi connectivity index (χ3v) is 5.24. The second-order valence-electron chi connectivity index (χ2n) is 6.90. The fourth-order valence-corrected chi connectivity index (χ4v) is 4.07. The fraction of sp³-hybridized carbons (Fsp3) is 0.500. The van der Waals surface area contributed by atoms with Gasteiger partial charge in [-0.2, -0.15) is 4.98 Å². The fourth-order valence-electron chi connectivity index (χ4n) is 3.85. The molecule has 2 atom stereocenters. The van der Waals surface area contributed by atoms with Crippen LogP contribution in [0.3, 0.4) is 0 Å². The topological polar surface area (TPSA) is 83.4 Å². The second-order valence-corrected chi connectivity index (χ2v) is 7.30. The van der Waals surface area contributed by atoms with E-state index in [1.165, 1.54) is 19.3 Å². The van der Waals surface area contributed by atoms with E-state index in [1.807, 2.05) is 6.07 Å². The average Bonchev–Trinajstić information content (AvgIpc) is 2.99. The number of rotatable bonds is 6. The van der Waals surface area contributed by atoms with Crippen molar-refractivity contribution in [1.29, 1.82) is 0 Å². The molecule has 2 aliphatic rings. The molecule has 26 heavy (non-hydrogen) atoms. The van der Waals surface area contributed by atoms with Crippen molar-refractivity contribution < 1.29 is 9.84 Å². The highest BCUT2D eigenvalue weighted by atomic mass is 35.5. The molecule has 7 nitrogen and oxygen atoms in total. The highest BCUT2D eigenvalue weighted by Gasteiger charge is 2.33. The third-order valence-electron chi connectivity index (χ3n) is 4.97. The first-order valence-corrected chi connectivity index (χ1v) is 9.33. The smallest absolute Gasteiger partial charge is 0.232 e. The van der Waals surface area contributed by atoms with Crippen LogP contribution in [0.15, 0.2) is 24.5 Å². The predicted octanol–water partition coefficient (Wildman–Crippen LogP) is 2.88. The molecule has 138 valence electrons. The average molecular weight is 376 g/mol. The number of hydrogen-bond acceptors (Lipinski definition) is 7. The van der Waals surface area contributed by atoms with Crippen LogP contribution in [-0.2, 0) is 0 Å². The van der Waals surface area contributed by atoms with E-state index < -0.39 is 0 Å². The van der Waals surface area contributed by atoms with Gasteiger partial charge in [0.05, 0.1) is 18.5 Å².